The van der Waals surface area contributed by atoms with Gasteiger partial charge in [-0.15, -0.1) is 6.58 Å². The van der Waals surface area contributed by atoms with Crippen LogP contribution in [0.4, 0.5) is 36.8 Å². The average molecular weight is 607 g/mol. The summed E-state index contributed by atoms with van der Waals surface area (Å²) in [6, 6.07) is 0.361. The van der Waals surface area contributed by atoms with Crippen LogP contribution in [0.15, 0.2) is 23.3 Å². The summed E-state index contributed by atoms with van der Waals surface area (Å²) >= 11 is 2.57. The lowest BCUT2D eigenvalue weighted by Crippen LogP contribution is -2.61. The Kier molecular flexibility index (Phi) is 10.5. The van der Waals surface area contributed by atoms with Gasteiger partial charge in [-0.25, -0.2) is 9.78 Å². The van der Waals surface area contributed by atoms with Crippen LogP contribution in [0.2, 0.25) is 0 Å². The third-order valence-electron chi connectivity index (χ3n) is 4.23. The molecule has 0 bridgehead atoms. The molecule has 1 atom stereocenters. The Balaban J connectivity index is 3.37. The fraction of sp³-hybridized carbons (Fsp3) is 0.524. The topological polar surface area (TPSA) is 119 Å². The van der Waals surface area contributed by atoms with E-state index >= 15 is 0 Å². The summed E-state index contributed by atoms with van der Waals surface area (Å²) in [5.74, 6) is -3.28. The standard InChI is InChI=1S/C21H25BrF6N4O5/c1-6-8-19(21(26,27)28,36-9-7-2)16(34)32-31-15(33)13-12(29-17(35)37-18(3,4)5)10-11(14(22)30-13)20(23,24)25/h6,10H,1,7-9H2,2-5H3,(H,29,35)(H,31,33)(H,32,34). The van der Waals surface area contributed by atoms with Crippen molar-refractivity contribution in [3.8, 4) is 0 Å². The van der Waals surface area contributed by atoms with E-state index < -0.39 is 76.0 Å². The van der Waals surface area contributed by atoms with Crippen molar-refractivity contribution in [1.29, 1.82) is 0 Å². The third-order valence-corrected chi connectivity index (χ3v) is 4.84. The predicted octanol–water partition coefficient (Wildman–Crippen LogP) is 5.27. The summed E-state index contributed by atoms with van der Waals surface area (Å²) in [4.78, 5) is 40.8. The van der Waals surface area contributed by atoms with E-state index in [0.29, 0.717) is 6.07 Å². The molecular weight excluding hydrogens is 582 g/mol. The van der Waals surface area contributed by atoms with Gasteiger partial charge < -0.3 is 9.47 Å². The fourth-order valence-electron chi connectivity index (χ4n) is 2.67. The van der Waals surface area contributed by atoms with Crippen LogP contribution < -0.4 is 16.2 Å². The molecule has 1 aromatic heterocycles. The number of rotatable bonds is 8. The lowest BCUT2D eigenvalue weighted by Gasteiger charge is -2.33. The Labute approximate surface area is 216 Å². The molecule has 0 aliphatic rings. The Morgan fingerprint density at radius 2 is 1.70 bits per heavy atom. The molecule has 9 nitrogen and oxygen atoms in total. The maximum atomic E-state index is 13.8. The monoisotopic (exact) mass is 606 g/mol. The first-order valence-corrected chi connectivity index (χ1v) is 11.3. The first-order valence-electron chi connectivity index (χ1n) is 10.5. The van der Waals surface area contributed by atoms with Crippen LogP contribution in [-0.4, -0.2) is 46.9 Å². The van der Waals surface area contributed by atoms with Gasteiger partial charge in [0.25, 0.3) is 11.8 Å². The number of hydrazine groups is 1. The zero-order valence-corrected chi connectivity index (χ0v) is 21.7. The number of nitrogens with one attached hydrogen (secondary N) is 3. The van der Waals surface area contributed by atoms with Crippen LogP contribution in [0.25, 0.3) is 0 Å². The average Bonchev–Trinajstić information content (AvgIpc) is 2.72. The van der Waals surface area contributed by atoms with Crippen molar-refractivity contribution in [3.05, 3.63) is 34.6 Å². The minimum Gasteiger partial charge on any atom is -0.444 e. The van der Waals surface area contributed by atoms with Gasteiger partial charge in [-0.05, 0) is 49.2 Å². The molecule has 0 aromatic carbocycles. The minimum atomic E-state index is -5.23. The van der Waals surface area contributed by atoms with Gasteiger partial charge in [0.1, 0.15) is 10.2 Å². The Morgan fingerprint density at radius 1 is 1.11 bits per heavy atom. The molecule has 0 radical (unpaired) electrons. The van der Waals surface area contributed by atoms with Gasteiger partial charge in [0.15, 0.2) is 5.69 Å². The molecular formula is C21H25BrF6N4O5. The zero-order chi connectivity index (χ0) is 28.8. The summed E-state index contributed by atoms with van der Waals surface area (Å²) < 4.78 is 90.3. The van der Waals surface area contributed by atoms with E-state index in [-0.39, 0.29) is 6.42 Å². The molecule has 0 spiro atoms. The number of carbonyl (C=O) groups excluding carboxylic acids is 3. The van der Waals surface area contributed by atoms with Crippen molar-refractivity contribution >= 4 is 39.5 Å². The van der Waals surface area contributed by atoms with Crippen LogP contribution in [-0.2, 0) is 20.4 Å². The van der Waals surface area contributed by atoms with Gasteiger partial charge in [0.2, 0.25) is 5.60 Å². The maximum absolute atomic E-state index is 13.8. The summed E-state index contributed by atoms with van der Waals surface area (Å²) in [5.41, 5.74) is -4.35. The van der Waals surface area contributed by atoms with E-state index in [1.807, 2.05) is 5.32 Å². The van der Waals surface area contributed by atoms with E-state index in [0.717, 1.165) is 6.08 Å². The molecule has 0 saturated heterocycles. The molecule has 1 heterocycles. The highest BCUT2D eigenvalue weighted by atomic mass is 79.9. The Bertz CT molecular complexity index is 1030. The number of pyridine rings is 1. The van der Waals surface area contributed by atoms with Gasteiger partial charge in [-0.1, -0.05) is 13.0 Å². The van der Waals surface area contributed by atoms with Crippen LogP contribution in [0.1, 0.15) is 56.6 Å². The molecule has 37 heavy (non-hydrogen) atoms. The summed E-state index contributed by atoms with van der Waals surface area (Å²) in [6.07, 6.45) is -11.5. The minimum absolute atomic E-state index is 0.123. The molecule has 0 aliphatic carbocycles. The van der Waals surface area contributed by atoms with Crippen molar-refractivity contribution < 1.29 is 50.2 Å². The van der Waals surface area contributed by atoms with E-state index in [9.17, 15) is 40.7 Å². The van der Waals surface area contributed by atoms with Gasteiger partial charge in [-0.3, -0.25) is 25.8 Å². The third kappa shape index (κ3) is 8.59. The number of alkyl halides is 6. The Hall–Kier alpha value is -2.88. The lowest BCUT2D eigenvalue weighted by molar-refractivity contribution is -0.266. The fourth-order valence-corrected chi connectivity index (χ4v) is 3.18. The molecule has 0 fully saturated rings. The zero-order valence-electron chi connectivity index (χ0n) is 20.1. The van der Waals surface area contributed by atoms with Crippen molar-refractivity contribution in [2.75, 3.05) is 11.9 Å². The molecule has 1 aromatic rings. The number of nitrogens with zero attached hydrogens (tertiary/aromatic N) is 1. The summed E-state index contributed by atoms with van der Waals surface area (Å²) in [7, 11) is 0. The predicted molar refractivity (Wildman–Crippen MR) is 122 cm³/mol. The van der Waals surface area contributed by atoms with Crippen molar-refractivity contribution in [1.82, 2.24) is 15.8 Å². The molecule has 3 N–H and O–H groups in total. The Morgan fingerprint density at radius 3 is 2.16 bits per heavy atom. The SMILES string of the molecule is C=CCC(OCCC)(C(=O)NNC(=O)c1nc(Br)c(C(F)(F)F)cc1NC(=O)OC(C)(C)C)C(F)(F)F. The van der Waals surface area contributed by atoms with E-state index in [1.54, 1.807) is 10.9 Å². The van der Waals surface area contributed by atoms with Gasteiger partial charge in [0, 0.05) is 13.0 Å². The van der Waals surface area contributed by atoms with Crippen LogP contribution >= 0.6 is 15.9 Å². The van der Waals surface area contributed by atoms with E-state index in [4.69, 9.17) is 9.47 Å². The number of anilines is 1. The second-order valence-electron chi connectivity index (χ2n) is 8.42. The highest BCUT2D eigenvalue weighted by Crippen LogP contribution is 2.38. The molecule has 16 heteroatoms. The normalized spacial score (nSPS) is 13.8. The molecule has 0 aliphatic heterocycles. The van der Waals surface area contributed by atoms with Gasteiger partial charge in [-0.2, -0.15) is 26.3 Å². The molecule has 3 amide bonds. The second kappa shape index (κ2) is 12.1. The van der Waals surface area contributed by atoms with Crippen LogP contribution in [0, 0.1) is 0 Å². The van der Waals surface area contributed by atoms with Gasteiger partial charge >= 0.3 is 18.4 Å². The van der Waals surface area contributed by atoms with E-state index in [2.05, 4.69) is 27.5 Å². The van der Waals surface area contributed by atoms with E-state index in [1.165, 1.54) is 27.7 Å². The van der Waals surface area contributed by atoms with Crippen molar-refractivity contribution in [3.63, 3.8) is 0 Å². The smallest absolute Gasteiger partial charge is 0.427 e. The molecule has 1 rings (SSSR count). The second-order valence-corrected chi connectivity index (χ2v) is 9.17. The number of ether oxygens (including phenoxy) is 2. The van der Waals surface area contributed by atoms with Crippen molar-refractivity contribution in [2.24, 2.45) is 0 Å². The highest BCUT2D eigenvalue weighted by molar-refractivity contribution is 9.10. The van der Waals surface area contributed by atoms with Gasteiger partial charge in [0.05, 0.1) is 11.3 Å². The largest absolute Gasteiger partial charge is 0.444 e. The molecule has 1 unspecified atom stereocenters. The molecule has 208 valence electrons. The number of hydrogen-bond donors (Lipinski definition) is 3. The first-order chi connectivity index (χ1) is 16.8. The number of aromatic nitrogens is 1. The molecule has 0 saturated carbocycles. The van der Waals surface area contributed by atoms with Crippen LogP contribution in [0.3, 0.4) is 0 Å². The maximum Gasteiger partial charge on any atom is 0.427 e. The number of hydrogen-bond acceptors (Lipinski definition) is 6. The number of carbonyl (C=O) groups is 3. The summed E-state index contributed by atoms with van der Waals surface area (Å²) in [6.45, 7) is 8.62. The lowest BCUT2D eigenvalue weighted by atomic mass is 9.97. The summed E-state index contributed by atoms with van der Waals surface area (Å²) in [5, 5.41) is 1.94. The quantitative estimate of drug-likeness (QED) is 0.160. The number of halogens is 7. The van der Waals surface area contributed by atoms with Crippen LogP contribution in [0.5, 0.6) is 0 Å². The first kappa shape index (κ1) is 32.1. The van der Waals surface area contributed by atoms with Crippen molar-refractivity contribution in [2.45, 2.75) is 64.1 Å². The highest BCUT2D eigenvalue weighted by Gasteiger charge is 2.61. The number of amides is 3.